The average molecular weight is 378 g/mol. The zero-order valence-electron chi connectivity index (χ0n) is 15.1. The molecule has 1 saturated heterocycles. The number of anilines is 1. The lowest BCUT2D eigenvalue weighted by molar-refractivity contribution is 0.0750. The smallest absolute Gasteiger partial charge is 0.254 e. The predicted molar refractivity (Wildman–Crippen MR) is 97.8 cm³/mol. The second-order valence-electron chi connectivity index (χ2n) is 6.71. The van der Waals surface area contributed by atoms with Crippen molar-refractivity contribution in [2.24, 2.45) is 0 Å². The predicted octanol–water partition coefficient (Wildman–Crippen LogP) is 0.445. The second kappa shape index (κ2) is 6.97. The van der Waals surface area contributed by atoms with Crippen molar-refractivity contribution in [2.45, 2.75) is 13.1 Å². The lowest BCUT2D eigenvalue weighted by Crippen LogP contribution is -2.37. The van der Waals surface area contributed by atoms with Gasteiger partial charge in [0.15, 0.2) is 0 Å². The Kier molecular flexibility index (Phi) is 4.17. The van der Waals surface area contributed by atoms with E-state index in [1.807, 2.05) is 18.3 Å². The SMILES string of the molecule is O=C(c1cccc(-n2cnnn2)c1)N1Cc2cnc(N3CCOCC3)nc2C1. The zero-order chi connectivity index (χ0) is 18.9. The molecule has 1 amide bonds. The number of morpholine rings is 1. The summed E-state index contributed by atoms with van der Waals surface area (Å²) < 4.78 is 6.91. The van der Waals surface area contributed by atoms with E-state index in [4.69, 9.17) is 9.72 Å². The number of hydrogen-bond acceptors (Lipinski definition) is 8. The van der Waals surface area contributed by atoms with Crippen molar-refractivity contribution < 1.29 is 9.53 Å². The van der Waals surface area contributed by atoms with Crippen LogP contribution in [0.2, 0.25) is 0 Å². The van der Waals surface area contributed by atoms with E-state index in [1.54, 1.807) is 17.0 Å². The Bertz CT molecular complexity index is 1000. The number of carbonyl (C=O) groups is 1. The summed E-state index contributed by atoms with van der Waals surface area (Å²) in [5.41, 5.74) is 3.22. The Morgan fingerprint density at radius 1 is 1.14 bits per heavy atom. The number of benzene rings is 1. The molecular formula is C18H18N8O2. The summed E-state index contributed by atoms with van der Waals surface area (Å²) in [6.45, 7) is 3.91. The Balaban J connectivity index is 1.34. The van der Waals surface area contributed by atoms with E-state index in [0.29, 0.717) is 37.8 Å². The van der Waals surface area contributed by atoms with E-state index in [9.17, 15) is 4.79 Å². The lowest BCUT2D eigenvalue weighted by Gasteiger charge is -2.26. The van der Waals surface area contributed by atoms with Crippen molar-refractivity contribution in [2.75, 3.05) is 31.2 Å². The van der Waals surface area contributed by atoms with Crippen LogP contribution in [0.5, 0.6) is 0 Å². The molecule has 10 nitrogen and oxygen atoms in total. The first-order chi connectivity index (χ1) is 13.8. The molecule has 0 saturated carbocycles. The number of carbonyl (C=O) groups excluding carboxylic acids is 1. The maximum atomic E-state index is 13.0. The summed E-state index contributed by atoms with van der Waals surface area (Å²) in [6.07, 6.45) is 3.33. The van der Waals surface area contributed by atoms with Crippen LogP contribution in [0, 0.1) is 0 Å². The van der Waals surface area contributed by atoms with Gasteiger partial charge in [-0.1, -0.05) is 6.07 Å². The van der Waals surface area contributed by atoms with Gasteiger partial charge < -0.3 is 14.5 Å². The van der Waals surface area contributed by atoms with Gasteiger partial charge in [0.2, 0.25) is 5.95 Å². The molecule has 28 heavy (non-hydrogen) atoms. The summed E-state index contributed by atoms with van der Waals surface area (Å²) in [7, 11) is 0. The number of aromatic nitrogens is 6. The van der Waals surface area contributed by atoms with Gasteiger partial charge in [0.05, 0.1) is 31.1 Å². The highest BCUT2D eigenvalue weighted by molar-refractivity contribution is 5.95. The Morgan fingerprint density at radius 3 is 2.86 bits per heavy atom. The Morgan fingerprint density at radius 2 is 2.04 bits per heavy atom. The summed E-state index contributed by atoms with van der Waals surface area (Å²) in [4.78, 5) is 26.1. The quantitative estimate of drug-likeness (QED) is 0.647. The Labute approximate surface area is 160 Å². The molecule has 0 aliphatic carbocycles. The van der Waals surface area contributed by atoms with Gasteiger partial charge in [-0.3, -0.25) is 4.79 Å². The molecular weight excluding hydrogens is 360 g/mol. The van der Waals surface area contributed by atoms with Crippen LogP contribution in [0.15, 0.2) is 36.8 Å². The van der Waals surface area contributed by atoms with Crippen LogP contribution in [0.3, 0.4) is 0 Å². The van der Waals surface area contributed by atoms with Gasteiger partial charge >= 0.3 is 0 Å². The van der Waals surface area contributed by atoms with Gasteiger partial charge in [0.25, 0.3) is 5.91 Å². The van der Waals surface area contributed by atoms with Crippen molar-refractivity contribution in [3.05, 3.63) is 53.6 Å². The summed E-state index contributed by atoms with van der Waals surface area (Å²) in [5.74, 6) is 0.651. The highest BCUT2D eigenvalue weighted by Gasteiger charge is 2.27. The molecule has 0 radical (unpaired) electrons. The molecule has 10 heteroatoms. The molecule has 4 heterocycles. The van der Waals surface area contributed by atoms with Crippen molar-refractivity contribution in [1.29, 1.82) is 0 Å². The fourth-order valence-electron chi connectivity index (χ4n) is 3.45. The molecule has 2 aliphatic heterocycles. The van der Waals surface area contributed by atoms with Crippen LogP contribution in [-0.2, 0) is 17.8 Å². The third-order valence-corrected chi connectivity index (χ3v) is 4.93. The number of amides is 1. The summed E-state index contributed by atoms with van der Waals surface area (Å²) in [6, 6.07) is 7.26. The maximum Gasteiger partial charge on any atom is 0.254 e. The van der Waals surface area contributed by atoms with Gasteiger partial charge in [-0.2, -0.15) is 0 Å². The molecule has 0 unspecified atom stereocenters. The first-order valence-electron chi connectivity index (χ1n) is 9.08. The monoisotopic (exact) mass is 378 g/mol. The molecule has 2 aromatic heterocycles. The molecule has 0 spiro atoms. The topological polar surface area (TPSA) is 102 Å². The third kappa shape index (κ3) is 3.07. The van der Waals surface area contributed by atoms with Crippen molar-refractivity contribution >= 4 is 11.9 Å². The molecule has 5 rings (SSSR count). The van der Waals surface area contributed by atoms with Gasteiger partial charge in [-0.05, 0) is 28.6 Å². The van der Waals surface area contributed by atoms with E-state index in [1.165, 1.54) is 11.0 Å². The highest BCUT2D eigenvalue weighted by Crippen LogP contribution is 2.25. The van der Waals surface area contributed by atoms with Crippen LogP contribution < -0.4 is 4.90 Å². The van der Waals surface area contributed by atoms with Crippen LogP contribution in [0.1, 0.15) is 21.6 Å². The van der Waals surface area contributed by atoms with Crippen LogP contribution in [0.4, 0.5) is 5.95 Å². The number of nitrogens with zero attached hydrogens (tertiary/aromatic N) is 8. The van der Waals surface area contributed by atoms with E-state index in [2.05, 4.69) is 25.4 Å². The Hall–Kier alpha value is -3.40. The highest BCUT2D eigenvalue weighted by atomic mass is 16.5. The van der Waals surface area contributed by atoms with Gasteiger partial charge in [-0.15, -0.1) is 5.10 Å². The molecule has 1 aromatic carbocycles. The van der Waals surface area contributed by atoms with Gasteiger partial charge in [0.1, 0.15) is 6.33 Å². The summed E-state index contributed by atoms with van der Waals surface area (Å²) >= 11 is 0. The van der Waals surface area contributed by atoms with Crippen molar-refractivity contribution in [3.63, 3.8) is 0 Å². The molecule has 1 fully saturated rings. The first-order valence-corrected chi connectivity index (χ1v) is 9.08. The van der Waals surface area contributed by atoms with E-state index >= 15 is 0 Å². The van der Waals surface area contributed by atoms with Crippen LogP contribution in [-0.4, -0.2) is 67.3 Å². The lowest BCUT2D eigenvalue weighted by atomic mass is 10.2. The number of ether oxygens (including phenoxy) is 1. The molecule has 2 aliphatic rings. The second-order valence-corrected chi connectivity index (χ2v) is 6.71. The fraction of sp³-hybridized carbons (Fsp3) is 0.333. The minimum atomic E-state index is -0.0548. The molecule has 0 atom stereocenters. The number of rotatable bonds is 3. The van der Waals surface area contributed by atoms with Crippen molar-refractivity contribution in [1.82, 2.24) is 35.1 Å². The van der Waals surface area contributed by atoms with E-state index < -0.39 is 0 Å². The molecule has 0 N–H and O–H groups in total. The minimum absolute atomic E-state index is 0.0548. The minimum Gasteiger partial charge on any atom is -0.378 e. The standard InChI is InChI=1S/C18H18N8O2/c27-17(13-2-1-3-15(8-13)26-12-20-22-23-26)25-10-14-9-19-18(21-16(14)11-25)24-4-6-28-7-5-24/h1-3,8-9,12H,4-7,10-11H2. The average Bonchev–Trinajstić information content (AvgIpc) is 3.43. The number of tetrazole rings is 1. The molecule has 3 aromatic rings. The van der Waals surface area contributed by atoms with Crippen molar-refractivity contribution in [3.8, 4) is 5.69 Å². The molecule has 142 valence electrons. The van der Waals surface area contributed by atoms with Crippen LogP contribution >= 0.6 is 0 Å². The molecule has 0 bridgehead atoms. The largest absolute Gasteiger partial charge is 0.378 e. The first kappa shape index (κ1) is 16.8. The zero-order valence-corrected chi connectivity index (χ0v) is 15.1. The normalized spacial score (nSPS) is 16.3. The number of fused-ring (bicyclic) bond motifs is 1. The van der Waals surface area contributed by atoms with Gasteiger partial charge in [-0.25, -0.2) is 14.6 Å². The number of hydrogen-bond donors (Lipinski definition) is 0. The summed E-state index contributed by atoms with van der Waals surface area (Å²) in [5, 5.41) is 11.1. The van der Waals surface area contributed by atoms with E-state index in [0.717, 1.165) is 30.0 Å². The third-order valence-electron chi connectivity index (χ3n) is 4.93. The fourth-order valence-corrected chi connectivity index (χ4v) is 3.45. The van der Waals surface area contributed by atoms with E-state index in [-0.39, 0.29) is 5.91 Å². The maximum absolute atomic E-state index is 13.0. The van der Waals surface area contributed by atoms with Gasteiger partial charge in [0, 0.05) is 37.0 Å². The van der Waals surface area contributed by atoms with Crippen LogP contribution in [0.25, 0.3) is 5.69 Å².